The third-order valence-corrected chi connectivity index (χ3v) is 6.51. The van der Waals surface area contributed by atoms with Crippen LogP contribution in [0.4, 0.5) is 0 Å². The van der Waals surface area contributed by atoms with Gasteiger partial charge in [-0.3, -0.25) is 9.59 Å². The van der Waals surface area contributed by atoms with Gasteiger partial charge in [-0.05, 0) is 31.4 Å². The summed E-state index contributed by atoms with van der Waals surface area (Å²) in [5.74, 6) is -0.100. The number of hydrogen-bond acceptors (Lipinski definition) is 4. The minimum Gasteiger partial charge on any atom is -0.383 e. The molecule has 152 valence electrons. The van der Waals surface area contributed by atoms with Crippen LogP contribution < -0.4 is 5.32 Å². The molecule has 2 unspecified atom stereocenters. The van der Waals surface area contributed by atoms with Crippen LogP contribution in [0.3, 0.4) is 0 Å². The zero-order valence-corrected chi connectivity index (χ0v) is 16.6. The smallest absolute Gasteiger partial charge is 0.271 e. The SMILES string of the molecule is COCCNC(=O)[C@@H]1CC2CCC1N2C(=O)c1cc2cnc3[nH]ccc3c2n1C. The van der Waals surface area contributed by atoms with Crippen LogP contribution in [0.25, 0.3) is 21.9 Å². The summed E-state index contributed by atoms with van der Waals surface area (Å²) in [7, 11) is 3.54. The van der Waals surface area contributed by atoms with E-state index in [1.807, 2.05) is 34.8 Å². The quantitative estimate of drug-likeness (QED) is 0.645. The third kappa shape index (κ3) is 2.73. The van der Waals surface area contributed by atoms with E-state index in [9.17, 15) is 9.59 Å². The summed E-state index contributed by atoms with van der Waals surface area (Å²) in [6.45, 7) is 0.993. The average molecular weight is 395 g/mol. The molecule has 5 rings (SSSR count). The number of hydrogen-bond donors (Lipinski definition) is 2. The lowest BCUT2D eigenvalue weighted by Crippen LogP contribution is -2.42. The standard InChI is InChI=1S/C21H25N5O3/c1-25-17(9-12-11-24-19-14(18(12)25)5-6-22-19)21(28)26-13-3-4-16(26)15(10-13)20(27)23-7-8-29-2/h5-6,9,11,13,15-16H,3-4,7-8,10H2,1-2H3,(H,22,24)(H,23,27)/t13?,15-,16?/m1/s1. The van der Waals surface area contributed by atoms with Gasteiger partial charge >= 0.3 is 0 Å². The predicted molar refractivity (Wildman–Crippen MR) is 109 cm³/mol. The Labute approximate surface area is 168 Å². The van der Waals surface area contributed by atoms with E-state index in [0.29, 0.717) is 18.8 Å². The van der Waals surface area contributed by atoms with Crippen LogP contribution in [0.1, 0.15) is 29.8 Å². The molecule has 29 heavy (non-hydrogen) atoms. The molecule has 2 aliphatic heterocycles. The van der Waals surface area contributed by atoms with Crippen molar-refractivity contribution in [1.29, 1.82) is 0 Å². The molecular weight excluding hydrogens is 370 g/mol. The van der Waals surface area contributed by atoms with E-state index in [1.54, 1.807) is 13.3 Å². The van der Waals surface area contributed by atoms with Crippen LogP contribution in [0.5, 0.6) is 0 Å². The highest BCUT2D eigenvalue weighted by atomic mass is 16.5. The van der Waals surface area contributed by atoms with Crippen LogP contribution in [0.2, 0.25) is 0 Å². The summed E-state index contributed by atoms with van der Waals surface area (Å²) >= 11 is 0. The van der Waals surface area contributed by atoms with E-state index in [0.717, 1.165) is 41.2 Å². The van der Waals surface area contributed by atoms with Gasteiger partial charge < -0.3 is 24.5 Å². The Bertz CT molecular complexity index is 1100. The van der Waals surface area contributed by atoms with Crippen LogP contribution in [0, 0.1) is 5.92 Å². The number of nitrogens with one attached hydrogen (secondary N) is 2. The molecule has 2 amide bonds. The molecule has 2 N–H and O–H groups in total. The molecule has 3 aromatic rings. The molecule has 5 heterocycles. The number of carbonyl (C=O) groups excluding carboxylic acids is 2. The Morgan fingerprint density at radius 3 is 3.07 bits per heavy atom. The number of aromatic nitrogens is 3. The van der Waals surface area contributed by atoms with Crippen LogP contribution in [-0.2, 0) is 16.6 Å². The highest BCUT2D eigenvalue weighted by Crippen LogP contribution is 2.43. The molecule has 0 aromatic carbocycles. The van der Waals surface area contributed by atoms with E-state index < -0.39 is 0 Å². The Morgan fingerprint density at radius 2 is 2.24 bits per heavy atom. The minimum absolute atomic E-state index is 0.00655. The highest BCUT2D eigenvalue weighted by Gasteiger charge is 2.51. The fourth-order valence-corrected chi connectivity index (χ4v) is 5.19. The Morgan fingerprint density at radius 1 is 1.38 bits per heavy atom. The number of ether oxygens (including phenoxy) is 1. The van der Waals surface area contributed by atoms with E-state index in [1.165, 1.54) is 0 Å². The second-order valence-electron chi connectivity index (χ2n) is 8.03. The Kier molecular flexibility index (Phi) is 4.31. The molecular formula is C21H25N5O3. The number of aromatic amines is 1. The maximum Gasteiger partial charge on any atom is 0.271 e. The summed E-state index contributed by atoms with van der Waals surface area (Å²) in [5, 5.41) is 4.89. The molecule has 2 bridgehead atoms. The first-order chi connectivity index (χ1) is 14.1. The van der Waals surface area contributed by atoms with Crippen molar-refractivity contribution in [3.8, 4) is 0 Å². The lowest BCUT2D eigenvalue weighted by Gasteiger charge is -2.24. The lowest BCUT2D eigenvalue weighted by molar-refractivity contribution is -0.125. The molecule has 2 fully saturated rings. The summed E-state index contributed by atoms with van der Waals surface area (Å²) in [4.78, 5) is 35.7. The van der Waals surface area contributed by atoms with Crippen LogP contribution >= 0.6 is 0 Å². The largest absolute Gasteiger partial charge is 0.383 e. The molecule has 0 saturated carbocycles. The van der Waals surface area contributed by atoms with Gasteiger partial charge in [0.1, 0.15) is 11.3 Å². The van der Waals surface area contributed by atoms with E-state index in [-0.39, 0.29) is 29.8 Å². The number of methoxy groups -OCH3 is 1. The molecule has 8 heteroatoms. The summed E-state index contributed by atoms with van der Waals surface area (Å²) in [5.41, 5.74) is 2.46. The predicted octanol–water partition coefficient (Wildman–Crippen LogP) is 1.81. The number of pyridine rings is 1. The number of carbonyl (C=O) groups is 2. The summed E-state index contributed by atoms with van der Waals surface area (Å²) < 4.78 is 6.97. The number of nitrogens with zero attached hydrogens (tertiary/aromatic N) is 3. The molecule has 3 aromatic heterocycles. The van der Waals surface area contributed by atoms with Gasteiger partial charge in [-0.25, -0.2) is 4.98 Å². The minimum atomic E-state index is -0.137. The van der Waals surface area contributed by atoms with Crippen molar-refractivity contribution < 1.29 is 14.3 Å². The van der Waals surface area contributed by atoms with Gasteiger partial charge in [0.2, 0.25) is 5.91 Å². The number of amides is 2. The van der Waals surface area contributed by atoms with Crippen molar-refractivity contribution in [2.24, 2.45) is 13.0 Å². The van der Waals surface area contributed by atoms with Crippen molar-refractivity contribution >= 4 is 33.8 Å². The van der Waals surface area contributed by atoms with Crippen LogP contribution in [0.15, 0.2) is 24.5 Å². The zero-order valence-electron chi connectivity index (χ0n) is 16.6. The van der Waals surface area contributed by atoms with Crippen LogP contribution in [-0.4, -0.2) is 63.6 Å². The monoisotopic (exact) mass is 395 g/mol. The number of aryl methyl sites for hydroxylation is 1. The topological polar surface area (TPSA) is 92.2 Å². The van der Waals surface area contributed by atoms with Crippen molar-refractivity contribution in [2.45, 2.75) is 31.3 Å². The maximum atomic E-state index is 13.5. The average Bonchev–Trinajstić information content (AvgIpc) is 3.49. The van der Waals surface area contributed by atoms with Gasteiger partial charge in [-0.1, -0.05) is 0 Å². The van der Waals surface area contributed by atoms with Crippen molar-refractivity contribution in [1.82, 2.24) is 24.8 Å². The summed E-state index contributed by atoms with van der Waals surface area (Å²) in [6.07, 6.45) is 6.25. The first-order valence-electron chi connectivity index (χ1n) is 10.1. The first kappa shape index (κ1) is 18.2. The van der Waals surface area contributed by atoms with Gasteiger partial charge in [0.15, 0.2) is 0 Å². The number of H-pyrrole nitrogens is 1. The highest BCUT2D eigenvalue weighted by molar-refractivity contribution is 6.07. The van der Waals surface area contributed by atoms with E-state index in [2.05, 4.69) is 15.3 Å². The van der Waals surface area contributed by atoms with E-state index in [4.69, 9.17) is 4.74 Å². The molecule has 8 nitrogen and oxygen atoms in total. The fraction of sp³-hybridized carbons (Fsp3) is 0.476. The number of fused-ring (bicyclic) bond motifs is 5. The molecule has 0 aliphatic carbocycles. The molecule has 3 atom stereocenters. The van der Waals surface area contributed by atoms with Crippen molar-refractivity contribution in [3.05, 3.63) is 30.2 Å². The Balaban J connectivity index is 1.44. The first-order valence-corrected chi connectivity index (χ1v) is 10.1. The van der Waals surface area contributed by atoms with Crippen molar-refractivity contribution in [3.63, 3.8) is 0 Å². The third-order valence-electron chi connectivity index (χ3n) is 6.51. The van der Waals surface area contributed by atoms with Gasteiger partial charge in [0.05, 0.1) is 18.0 Å². The van der Waals surface area contributed by atoms with Gasteiger partial charge in [-0.15, -0.1) is 0 Å². The van der Waals surface area contributed by atoms with Gasteiger partial charge in [0, 0.05) is 56.0 Å². The van der Waals surface area contributed by atoms with Gasteiger partial charge in [0.25, 0.3) is 5.91 Å². The second-order valence-corrected chi connectivity index (χ2v) is 8.03. The normalized spacial score (nSPS) is 23.4. The maximum absolute atomic E-state index is 13.5. The van der Waals surface area contributed by atoms with Gasteiger partial charge in [-0.2, -0.15) is 0 Å². The van der Waals surface area contributed by atoms with E-state index >= 15 is 0 Å². The molecule has 0 radical (unpaired) electrons. The molecule has 2 saturated heterocycles. The van der Waals surface area contributed by atoms with Crippen molar-refractivity contribution in [2.75, 3.05) is 20.3 Å². The molecule has 0 spiro atoms. The zero-order chi connectivity index (χ0) is 20.1. The fourth-order valence-electron chi connectivity index (χ4n) is 5.19. The second kappa shape index (κ2) is 6.88. The summed E-state index contributed by atoms with van der Waals surface area (Å²) in [6, 6.07) is 4.01. The Hall–Kier alpha value is -2.87. The molecule has 2 aliphatic rings. The number of rotatable bonds is 5. The lowest BCUT2D eigenvalue weighted by atomic mass is 9.88.